The molecule has 0 aliphatic heterocycles. The summed E-state index contributed by atoms with van der Waals surface area (Å²) < 4.78 is 5.79. The molecule has 1 atom stereocenters. The molecule has 0 fully saturated rings. The second-order valence-corrected chi connectivity index (χ2v) is 7.73. The maximum atomic E-state index is 5.96. The van der Waals surface area contributed by atoms with Crippen LogP contribution in [0.1, 0.15) is 42.9 Å². The summed E-state index contributed by atoms with van der Waals surface area (Å²) in [7, 11) is 0. The lowest BCUT2D eigenvalue weighted by Gasteiger charge is -2.19. The Bertz CT molecular complexity index is 829. The van der Waals surface area contributed by atoms with Gasteiger partial charge in [0, 0.05) is 17.5 Å². The molecule has 28 heavy (non-hydrogen) atoms. The van der Waals surface area contributed by atoms with Crippen LogP contribution >= 0.6 is 11.6 Å². The monoisotopic (exact) mass is 393 g/mol. The summed E-state index contributed by atoms with van der Waals surface area (Å²) in [6.07, 6.45) is 1.22. The average Bonchev–Trinajstić information content (AvgIpc) is 2.70. The van der Waals surface area contributed by atoms with E-state index in [1.807, 2.05) is 26.0 Å². The highest BCUT2D eigenvalue weighted by Crippen LogP contribution is 2.29. The second kappa shape index (κ2) is 10.3. The van der Waals surface area contributed by atoms with Crippen molar-refractivity contribution in [2.75, 3.05) is 6.54 Å². The Labute approximate surface area is 173 Å². The molecule has 3 rings (SSSR count). The quantitative estimate of drug-likeness (QED) is 0.422. The normalized spacial score (nSPS) is 12.1. The van der Waals surface area contributed by atoms with Crippen molar-refractivity contribution in [2.45, 2.75) is 38.8 Å². The van der Waals surface area contributed by atoms with Gasteiger partial charge in [-0.1, -0.05) is 66.2 Å². The van der Waals surface area contributed by atoms with Gasteiger partial charge in [-0.15, -0.1) is 0 Å². The molecular weight excluding hydrogens is 366 g/mol. The van der Waals surface area contributed by atoms with Gasteiger partial charge in [0.1, 0.15) is 5.75 Å². The fourth-order valence-corrected chi connectivity index (χ4v) is 3.47. The Morgan fingerprint density at radius 2 is 1.46 bits per heavy atom. The number of benzene rings is 3. The van der Waals surface area contributed by atoms with E-state index in [0.29, 0.717) is 5.92 Å². The van der Waals surface area contributed by atoms with E-state index >= 15 is 0 Å². The van der Waals surface area contributed by atoms with Crippen molar-refractivity contribution in [2.24, 2.45) is 0 Å². The molecule has 2 nitrogen and oxygen atoms in total. The van der Waals surface area contributed by atoms with Crippen molar-refractivity contribution >= 4 is 11.6 Å². The van der Waals surface area contributed by atoms with Crippen LogP contribution in [0.25, 0.3) is 0 Å². The zero-order valence-corrected chi connectivity index (χ0v) is 17.3. The topological polar surface area (TPSA) is 21.3 Å². The summed E-state index contributed by atoms with van der Waals surface area (Å²) in [4.78, 5) is 0. The third-order valence-corrected chi connectivity index (χ3v) is 4.96. The molecule has 3 aromatic carbocycles. The highest BCUT2D eigenvalue weighted by Gasteiger charge is 2.14. The molecular formula is C25H28ClNO. The zero-order chi connectivity index (χ0) is 19.8. The lowest BCUT2D eigenvalue weighted by molar-refractivity contribution is 0.242. The van der Waals surface area contributed by atoms with Crippen LogP contribution < -0.4 is 10.1 Å². The van der Waals surface area contributed by atoms with Gasteiger partial charge in [-0.05, 0) is 67.8 Å². The molecule has 0 unspecified atom stereocenters. The minimum Gasteiger partial charge on any atom is -0.491 e. The van der Waals surface area contributed by atoms with Crippen molar-refractivity contribution < 1.29 is 4.74 Å². The summed E-state index contributed by atoms with van der Waals surface area (Å²) >= 11 is 5.96. The predicted molar refractivity (Wildman–Crippen MR) is 118 cm³/mol. The van der Waals surface area contributed by atoms with Gasteiger partial charge in [-0.2, -0.15) is 0 Å². The smallest absolute Gasteiger partial charge is 0.119 e. The molecule has 1 N–H and O–H groups in total. The van der Waals surface area contributed by atoms with Crippen LogP contribution in [0.5, 0.6) is 5.75 Å². The summed E-state index contributed by atoms with van der Waals surface area (Å²) in [6.45, 7) is 5.88. The van der Waals surface area contributed by atoms with Crippen molar-refractivity contribution in [3.8, 4) is 5.75 Å². The first-order valence-corrected chi connectivity index (χ1v) is 10.3. The molecule has 0 amide bonds. The maximum Gasteiger partial charge on any atom is 0.119 e. The van der Waals surface area contributed by atoms with E-state index in [1.165, 1.54) is 16.7 Å². The van der Waals surface area contributed by atoms with Crippen LogP contribution in [-0.2, 0) is 6.54 Å². The van der Waals surface area contributed by atoms with Crippen LogP contribution in [0.15, 0.2) is 78.9 Å². The third-order valence-electron chi connectivity index (χ3n) is 4.71. The van der Waals surface area contributed by atoms with Gasteiger partial charge in [-0.25, -0.2) is 0 Å². The SMILES string of the molecule is CC(C)Oc1ccc([C@@H](CCNCc2ccc(Cl)cc2)c2ccccc2)cc1. The number of rotatable bonds is 9. The first kappa shape index (κ1) is 20.4. The van der Waals surface area contributed by atoms with Crippen LogP contribution in [0.2, 0.25) is 5.02 Å². The Balaban J connectivity index is 1.65. The zero-order valence-electron chi connectivity index (χ0n) is 16.6. The predicted octanol–water partition coefficient (Wildman–Crippen LogP) is 6.44. The molecule has 0 aliphatic rings. The lowest BCUT2D eigenvalue weighted by Crippen LogP contribution is -2.17. The number of ether oxygens (including phenoxy) is 1. The van der Waals surface area contributed by atoms with Crippen LogP contribution in [0.3, 0.4) is 0 Å². The van der Waals surface area contributed by atoms with Crippen molar-refractivity contribution in [3.63, 3.8) is 0 Å². The van der Waals surface area contributed by atoms with E-state index in [9.17, 15) is 0 Å². The van der Waals surface area contributed by atoms with E-state index < -0.39 is 0 Å². The maximum absolute atomic E-state index is 5.96. The minimum atomic E-state index is 0.188. The van der Waals surface area contributed by atoms with Crippen LogP contribution in [-0.4, -0.2) is 12.6 Å². The molecule has 0 saturated heterocycles. The Hall–Kier alpha value is -2.29. The largest absolute Gasteiger partial charge is 0.491 e. The fraction of sp³-hybridized carbons (Fsp3) is 0.280. The number of hydrogen-bond donors (Lipinski definition) is 1. The van der Waals surface area contributed by atoms with Gasteiger partial charge in [0.25, 0.3) is 0 Å². The summed E-state index contributed by atoms with van der Waals surface area (Å²) in [5.41, 5.74) is 3.90. The third kappa shape index (κ3) is 6.12. The molecule has 0 saturated carbocycles. The lowest BCUT2D eigenvalue weighted by atomic mass is 9.88. The second-order valence-electron chi connectivity index (χ2n) is 7.29. The minimum absolute atomic E-state index is 0.188. The molecule has 0 aliphatic carbocycles. The fourth-order valence-electron chi connectivity index (χ4n) is 3.34. The summed E-state index contributed by atoms with van der Waals surface area (Å²) in [5, 5.41) is 4.34. The van der Waals surface area contributed by atoms with E-state index in [2.05, 4.69) is 72.0 Å². The number of hydrogen-bond acceptors (Lipinski definition) is 2. The van der Waals surface area contributed by atoms with Gasteiger partial charge in [0.05, 0.1) is 6.10 Å². The van der Waals surface area contributed by atoms with E-state index in [1.54, 1.807) is 0 Å². The van der Waals surface area contributed by atoms with E-state index in [-0.39, 0.29) is 6.10 Å². The van der Waals surface area contributed by atoms with Crippen molar-refractivity contribution in [1.82, 2.24) is 5.32 Å². The molecule has 0 bridgehead atoms. The number of nitrogens with one attached hydrogen (secondary N) is 1. The van der Waals surface area contributed by atoms with Gasteiger partial charge in [-0.3, -0.25) is 0 Å². The van der Waals surface area contributed by atoms with Gasteiger partial charge in [0.15, 0.2) is 0 Å². The van der Waals surface area contributed by atoms with Crippen molar-refractivity contribution in [1.29, 1.82) is 0 Å². The summed E-state index contributed by atoms with van der Waals surface area (Å²) in [5.74, 6) is 1.28. The Morgan fingerprint density at radius 1 is 0.821 bits per heavy atom. The first-order valence-electron chi connectivity index (χ1n) is 9.88. The summed E-state index contributed by atoms with van der Waals surface area (Å²) in [6, 6.07) is 27.2. The van der Waals surface area contributed by atoms with Gasteiger partial charge < -0.3 is 10.1 Å². The average molecular weight is 394 g/mol. The number of halogens is 1. The van der Waals surface area contributed by atoms with Crippen LogP contribution in [0, 0.1) is 0 Å². The van der Waals surface area contributed by atoms with E-state index in [4.69, 9.17) is 16.3 Å². The highest BCUT2D eigenvalue weighted by molar-refractivity contribution is 6.30. The molecule has 0 spiro atoms. The Kier molecular flexibility index (Phi) is 7.53. The first-order chi connectivity index (χ1) is 13.6. The van der Waals surface area contributed by atoms with Crippen molar-refractivity contribution in [3.05, 3.63) is 101 Å². The van der Waals surface area contributed by atoms with Gasteiger partial charge in [0.2, 0.25) is 0 Å². The van der Waals surface area contributed by atoms with Gasteiger partial charge >= 0.3 is 0 Å². The standard InChI is InChI=1S/C25H28ClNO/c1-19(2)28-24-14-10-22(11-15-24)25(21-6-4-3-5-7-21)16-17-27-18-20-8-12-23(26)13-9-20/h3-15,19,25,27H,16-18H2,1-2H3/t25-/m0/s1. The molecule has 146 valence electrons. The molecule has 0 radical (unpaired) electrons. The van der Waals surface area contributed by atoms with E-state index in [0.717, 1.165) is 30.3 Å². The Morgan fingerprint density at radius 3 is 2.11 bits per heavy atom. The molecule has 3 aromatic rings. The molecule has 3 heteroatoms. The highest BCUT2D eigenvalue weighted by atomic mass is 35.5. The molecule has 0 heterocycles. The van der Waals surface area contributed by atoms with Crippen LogP contribution in [0.4, 0.5) is 0 Å². The molecule has 0 aromatic heterocycles.